The fourth-order valence-electron chi connectivity index (χ4n) is 1.87. The quantitative estimate of drug-likeness (QED) is 0.820. The van der Waals surface area contributed by atoms with E-state index in [2.05, 4.69) is 10.6 Å². The first-order chi connectivity index (χ1) is 11.0. The smallest absolute Gasteiger partial charge is 0.251 e. The van der Waals surface area contributed by atoms with Gasteiger partial charge in [0.1, 0.15) is 0 Å². The van der Waals surface area contributed by atoms with Gasteiger partial charge in [-0.05, 0) is 48.0 Å². The van der Waals surface area contributed by atoms with Crippen LogP contribution in [0.5, 0.6) is 0 Å². The molecule has 0 heterocycles. The Morgan fingerprint density at radius 1 is 1.09 bits per heavy atom. The van der Waals surface area contributed by atoms with Crippen LogP contribution >= 0.6 is 23.2 Å². The van der Waals surface area contributed by atoms with Crippen molar-refractivity contribution in [1.29, 1.82) is 0 Å². The normalized spacial score (nSPS) is 10.6. The summed E-state index contributed by atoms with van der Waals surface area (Å²) in [6.07, 6.45) is 2.93. The highest BCUT2D eigenvalue weighted by molar-refractivity contribution is 6.34. The molecule has 2 rings (SSSR count). The number of hydrogen-bond donors (Lipinski definition) is 2. The predicted octanol–water partition coefficient (Wildman–Crippen LogP) is 4.00. The minimum atomic E-state index is -0.338. The van der Waals surface area contributed by atoms with Crippen molar-refractivity contribution < 1.29 is 9.59 Å². The van der Waals surface area contributed by atoms with E-state index in [9.17, 15) is 9.59 Å². The molecule has 2 aromatic rings. The molecule has 0 radical (unpaired) electrons. The van der Waals surface area contributed by atoms with E-state index in [0.717, 1.165) is 0 Å². The monoisotopic (exact) mass is 348 g/mol. The van der Waals surface area contributed by atoms with Crippen molar-refractivity contribution in [1.82, 2.24) is 5.32 Å². The van der Waals surface area contributed by atoms with Gasteiger partial charge in [0.25, 0.3) is 5.91 Å². The van der Waals surface area contributed by atoms with Crippen LogP contribution < -0.4 is 10.6 Å². The van der Waals surface area contributed by atoms with Gasteiger partial charge in [0.05, 0.1) is 0 Å². The molecule has 118 valence electrons. The predicted molar refractivity (Wildman–Crippen MR) is 94.0 cm³/mol. The maximum atomic E-state index is 12.0. The molecule has 23 heavy (non-hydrogen) atoms. The summed E-state index contributed by atoms with van der Waals surface area (Å²) in [5, 5.41) is 6.25. The molecule has 0 bridgehead atoms. The van der Waals surface area contributed by atoms with Crippen LogP contribution in [0.25, 0.3) is 6.08 Å². The topological polar surface area (TPSA) is 58.2 Å². The zero-order chi connectivity index (χ0) is 16.8. The van der Waals surface area contributed by atoms with E-state index < -0.39 is 0 Å². The molecule has 0 fully saturated rings. The number of benzene rings is 2. The first-order valence-electron chi connectivity index (χ1n) is 6.76. The summed E-state index contributed by atoms with van der Waals surface area (Å²) in [4.78, 5) is 23.5. The number of hydrogen-bond acceptors (Lipinski definition) is 2. The molecular formula is C17H14Cl2N2O2. The Balaban J connectivity index is 2.09. The fraction of sp³-hybridized carbons (Fsp3) is 0.0588. The van der Waals surface area contributed by atoms with E-state index in [1.54, 1.807) is 55.6 Å². The molecular weight excluding hydrogens is 335 g/mol. The first-order valence-corrected chi connectivity index (χ1v) is 7.51. The van der Waals surface area contributed by atoms with Crippen LogP contribution in [0.15, 0.2) is 48.5 Å². The summed E-state index contributed by atoms with van der Waals surface area (Å²) in [6, 6.07) is 11.6. The third kappa shape index (κ3) is 4.84. The van der Waals surface area contributed by atoms with Gasteiger partial charge < -0.3 is 10.6 Å². The average molecular weight is 349 g/mol. The highest BCUT2D eigenvalue weighted by Gasteiger charge is 2.05. The van der Waals surface area contributed by atoms with E-state index in [0.29, 0.717) is 26.9 Å². The van der Waals surface area contributed by atoms with Crippen molar-refractivity contribution in [3.05, 3.63) is 69.7 Å². The summed E-state index contributed by atoms with van der Waals surface area (Å²) in [7, 11) is 1.55. The van der Waals surface area contributed by atoms with Gasteiger partial charge in [0.2, 0.25) is 5.91 Å². The van der Waals surface area contributed by atoms with Gasteiger partial charge in [-0.15, -0.1) is 0 Å². The van der Waals surface area contributed by atoms with E-state index in [1.807, 2.05) is 0 Å². The van der Waals surface area contributed by atoms with Crippen molar-refractivity contribution in [3.63, 3.8) is 0 Å². The van der Waals surface area contributed by atoms with Crippen LogP contribution in [0.2, 0.25) is 10.0 Å². The number of amides is 2. The molecule has 2 aromatic carbocycles. The number of anilines is 1. The minimum Gasteiger partial charge on any atom is -0.355 e. The Labute approximate surface area is 144 Å². The molecule has 0 aliphatic carbocycles. The number of carbonyl (C=O) groups excluding carboxylic acids is 2. The summed E-state index contributed by atoms with van der Waals surface area (Å²) < 4.78 is 0. The number of halogens is 2. The fourth-order valence-corrected chi connectivity index (χ4v) is 2.24. The lowest BCUT2D eigenvalue weighted by atomic mass is 10.2. The van der Waals surface area contributed by atoms with E-state index >= 15 is 0 Å². The van der Waals surface area contributed by atoms with Gasteiger partial charge >= 0.3 is 0 Å². The van der Waals surface area contributed by atoms with Crippen LogP contribution in [0.4, 0.5) is 5.69 Å². The number of nitrogens with one attached hydrogen (secondary N) is 2. The zero-order valence-corrected chi connectivity index (χ0v) is 13.8. The molecule has 0 spiro atoms. The molecule has 0 aliphatic rings. The SMILES string of the molecule is CNC(=O)c1cccc(NC(=O)/C=C/c2cc(Cl)ccc2Cl)c1. The molecule has 6 heteroatoms. The van der Waals surface area contributed by atoms with Gasteiger partial charge in [0.15, 0.2) is 0 Å². The van der Waals surface area contributed by atoms with E-state index in [4.69, 9.17) is 23.2 Å². The Morgan fingerprint density at radius 2 is 1.87 bits per heavy atom. The van der Waals surface area contributed by atoms with Crippen LogP contribution in [0.1, 0.15) is 15.9 Å². The lowest BCUT2D eigenvalue weighted by Gasteiger charge is -2.05. The molecule has 0 saturated heterocycles. The van der Waals surface area contributed by atoms with Crippen LogP contribution in [0.3, 0.4) is 0 Å². The standard InChI is InChI=1S/C17H14Cl2N2O2/c1-20-17(23)12-3-2-4-14(10-12)21-16(22)8-5-11-9-13(18)6-7-15(11)19/h2-10H,1H3,(H,20,23)(H,21,22)/b8-5+. The summed E-state index contributed by atoms with van der Waals surface area (Å²) in [6.45, 7) is 0. The second-order valence-corrected chi connectivity index (χ2v) is 5.49. The second-order valence-electron chi connectivity index (χ2n) is 4.65. The van der Waals surface area contributed by atoms with Gasteiger partial charge in [-0.1, -0.05) is 29.3 Å². The summed E-state index contributed by atoms with van der Waals surface area (Å²) >= 11 is 11.9. The first kappa shape index (κ1) is 17.1. The van der Waals surface area contributed by atoms with E-state index in [1.165, 1.54) is 6.08 Å². The van der Waals surface area contributed by atoms with Crippen molar-refractivity contribution in [3.8, 4) is 0 Å². The average Bonchev–Trinajstić information content (AvgIpc) is 2.55. The van der Waals surface area contributed by atoms with Crippen molar-refractivity contribution in [2.24, 2.45) is 0 Å². The van der Waals surface area contributed by atoms with Gasteiger partial charge in [0, 0.05) is 34.4 Å². The molecule has 0 saturated carbocycles. The van der Waals surface area contributed by atoms with E-state index in [-0.39, 0.29) is 11.8 Å². The highest BCUT2D eigenvalue weighted by atomic mass is 35.5. The third-order valence-corrected chi connectivity index (χ3v) is 3.57. The lowest BCUT2D eigenvalue weighted by Crippen LogP contribution is -2.18. The summed E-state index contributed by atoms with van der Waals surface area (Å²) in [5.41, 5.74) is 1.64. The third-order valence-electron chi connectivity index (χ3n) is 2.99. The van der Waals surface area contributed by atoms with Crippen LogP contribution in [0, 0.1) is 0 Å². The van der Waals surface area contributed by atoms with Gasteiger partial charge in [-0.25, -0.2) is 0 Å². The molecule has 2 N–H and O–H groups in total. The molecule has 2 amide bonds. The Hall–Kier alpha value is -2.30. The maximum absolute atomic E-state index is 12.0. The molecule has 0 aromatic heterocycles. The largest absolute Gasteiger partial charge is 0.355 e. The number of rotatable bonds is 4. The zero-order valence-electron chi connectivity index (χ0n) is 12.3. The minimum absolute atomic E-state index is 0.220. The Morgan fingerprint density at radius 3 is 2.61 bits per heavy atom. The molecule has 0 unspecified atom stereocenters. The Bertz CT molecular complexity index is 773. The molecule has 0 atom stereocenters. The highest BCUT2D eigenvalue weighted by Crippen LogP contribution is 2.21. The van der Waals surface area contributed by atoms with Crippen molar-refractivity contribution >= 4 is 46.8 Å². The number of carbonyl (C=O) groups is 2. The lowest BCUT2D eigenvalue weighted by molar-refractivity contribution is -0.111. The van der Waals surface area contributed by atoms with Gasteiger partial charge in [-0.3, -0.25) is 9.59 Å². The maximum Gasteiger partial charge on any atom is 0.251 e. The second kappa shape index (κ2) is 7.81. The molecule has 0 aliphatic heterocycles. The Kier molecular flexibility index (Phi) is 5.79. The molecule has 4 nitrogen and oxygen atoms in total. The van der Waals surface area contributed by atoms with Crippen LogP contribution in [-0.2, 0) is 4.79 Å². The van der Waals surface area contributed by atoms with Crippen molar-refractivity contribution in [2.45, 2.75) is 0 Å². The summed E-state index contributed by atoms with van der Waals surface area (Å²) in [5.74, 6) is -0.558. The van der Waals surface area contributed by atoms with Crippen LogP contribution in [-0.4, -0.2) is 18.9 Å². The van der Waals surface area contributed by atoms with Crippen molar-refractivity contribution in [2.75, 3.05) is 12.4 Å². The van der Waals surface area contributed by atoms with Gasteiger partial charge in [-0.2, -0.15) is 0 Å².